The monoisotopic (exact) mass is 217 g/mol. The van der Waals surface area contributed by atoms with E-state index in [9.17, 15) is 4.39 Å². The van der Waals surface area contributed by atoms with E-state index in [1.165, 1.54) is 10.9 Å². The molecule has 1 unspecified atom stereocenters. The summed E-state index contributed by atoms with van der Waals surface area (Å²) in [5.41, 5.74) is 7.68. The van der Waals surface area contributed by atoms with Gasteiger partial charge in [0.05, 0.1) is 6.67 Å². The van der Waals surface area contributed by atoms with Crippen LogP contribution in [0.3, 0.4) is 0 Å². The fourth-order valence-corrected chi connectivity index (χ4v) is 1.90. The van der Waals surface area contributed by atoms with Gasteiger partial charge >= 0.3 is 0 Å². The first-order valence-corrected chi connectivity index (χ1v) is 5.53. The summed E-state index contributed by atoms with van der Waals surface area (Å²) in [6.07, 6.45) is 0.779. The average Bonchev–Trinajstić information content (AvgIpc) is 2.28. The Balaban J connectivity index is 2.35. The van der Waals surface area contributed by atoms with Crippen molar-refractivity contribution in [2.45, 2.75) is 13.3 Å². The van der Waals surface area contributed by atoms with E-state index in [2.05, 4.69) is 18.2 Å². The van der Waals surface area contributed by atoms with Crippen LogP contribution >= 0.6 is 0 Å². The highest BCUT2D eigenvalue weighted by molar-refractivity contribution is 5.85. The van der Waals surface area contributed by atoms with Crippen LogP contribution in [0.2, 0.25) is 0 Å². The minimum Gasteiger partial charge on any atom is -0.399 e. The predicted molar refractivity (Wildman–Crippen MR) is 67.2 cm³/mol. The third kappa shape index (κ3) is 2.32. The van der Waals surface area contributed by atoms with Crippen molar-refractivity contribution in [2.24, 2.45) is 5.92 Å². The number of rotatable bonds is 3. The highest BCUT2D eigenvalue weighted by atomic mass is 19.1. The lowest BCUT2D eigenvalue weighted by Gasteiger charge is -2.08. The maximum atomic E-state index is 12.4. The van der Waals surface area contributed by atoms with Gasteiger partial charge in [-0.3, -0.25) is 4.39 Å². The number of anilines is 1. The smallest absolute Gasteiger partial charge is 0.0923 e. The molecule has 0 fully saturated rings. The molecular formula is C14H16FN. The van der Waals surface area contributed by atoms with Gasteiger partial charge in [-0.2, -0.15) is 0 Å². The van der Waals surface area contributed by atoms with E-state index in [-0.39, 0.29) is 12.6 Å². The Hall–Kier alpha value is -1.57. The van der Waals surface area contributed by atoms with E-state index in [1.54, 1.807) is 0 Å². The number of nitrogen functional groups attached to an aromatic ring is 1. The summed E-state index contributed by atoms with van der Waals surface area (Å²) in [6.45, 7) is 1.65. The zero-order chi connectivity index (χ0) is 11.5. The van der Waals surface area contributed by atoms with Crippen molar-refractivity contribution < 1.29 is 4.39 Å². The summed E-state index contributed by atoms with van der Waals surface area (Å²) in [5, 5.41) is 2.30. The third-order valence-electron chi connectivity index (χ3n) is 2.78. The van der Waals surface area contributed by atoms with Crippen molar-refractivity contribution in [3.63, 3.8) is 0 Å². The molecule has 2 N–H and O–H groups in total. The molecule has 0 aliphatic heterocycles. The molecule has 0 heterocycles. The molecule has 1 nitrogen and oxygen atoms in total. The Kier molecular flexibility index (Phi) is 3.09. The van der Waals surface area contributed by atoms with Gasteiger partial charge in [0.1, 0.15) is 0 Å². The van der Waals surface area contributed by atoms with Gasteiger partial charge in [-0.05, 0) is 40.8 Å². The van der Waals surface area contributed by atoms with E-state index in [1.807, 2.05) is 25.1 Å². The second kappa shape index (κ2) is 4.52. The first kappa shape index (κ1) is 10.9. The first-order chi connectivity index (χ1) is 7.69. The summed E-state index contributed by atoms with van der Waals surface area (Å²) in [5.74, 6) is 0.0820. The third-order valence-corrected chi connectivity index (χ3v) is 2.78. The average molecular weight is 217 g/mol. The van der Waals surface area contributed by atoms with E-state index >= 15 is 0 Å². The molecule has 2 aromatic carbocycles. The Morgan fingerprint density at radius 3 is 2.62 bits per heavy atom. The maximum Gasteiger partial charge on any atom is 0.0923 e. The molecule has 16 heavy (non-hydrogen) atoms. The van der Waals surface area contributed by atoms with Crippen LogP contribution in [0, 0.1) is 5.92 Å². The molecule has 0 aliphatic rings. The van der Waals surface area contributed by atoms with Gasteiger partial charge in [-0.15, -0.1) is 0 Å². The molecule has 2 aromatic rings. The van der Waals surface area contributed by atoms with Gasteiger partial charge in [0.25, 0.3) is 0 Å². The van der Waals surface area contributed by atoms with Crippen LogP contribution in [-0.2, 0) is 6.42 Å². The number of hydrogen-bond acceptors (Lipinski definition) is 1. The molecule has 0 amide bonds. The predicted octanol–water partition coefficient (Wildman–Crippen LogP) is 3.57. The van der Waals surface area contributed by atoms with Gasteiger partial charge in [-0.1, -0.05) is 31.2 Å². The number of fused-ring (bicyclic) bond motifs is 1. The summed E-state index contributed by atoms with van der Waals surface area (Å²) in [6, 6.07) is 12.1. The lowest BCUT2D eigenvalue weighted by molar-refractivity contribution is 0.381. The highest BCUT2D eigenvalue weighted by Gasteiger charge is 2.03. The Bertz CT molecular complexity index is 493. The van der Waals surface area contributed by atoms with E-state index in [0.717, 1.165) is 17.5 Å². The second-order valence-corrected chi connectivity index (χ2v) is 4.40. The minimum absolute atomic E-state index is 0.0820. The lowest BCUT2D eigenvalue weighted by atomic mass is 9.99. The van der Waals surface area contributed by atoms with Gasteiger partial charge in [0.15, 0.2) is 0 Å². The highest BCUT2D eigenvalue weighted by Crippen LogP contribution is 2.20. The molecular weight excluding hydrogens is 201 g/mol. The normalized spacial score (nSPS) is 12.9. The molecule has 0 spiro atoms. The summed E-state index contributed by atoms with van der Waals surface area (Å²) in [4.78, 5) is 0. The zero-order valence-electron chi connectivity index (χ0n) is 9.41. The molecule has 0 bridgehead atoms. The molecule has 0 aromatic heterocycles. The number of benzene rings is 2. The topological polar surface area (TPSA) is 26.0 Å². The van der Waals surface area contributed by atoms with Crippen molar-refractivity contribution in [1.29, 1.82) is 0 Å². The van der Waals surface area contributed by atoms with Crippen molar-refractivity contribution in [3.05, 3.63) is 42.0 Å². The van der Waals surface area contributed by atoms with E-state index in [0.29, 0.717) is 0 Å². The fourth-order valence-electron chi connectivity index (χ4n) is 1.90. The van der Waals surface area contributed by atoms with Gasteiger partial charge < -0.3 is 5.73 Å². The molecule has 0 saturated carbocycles. The summed E-state index contributed by atoms with van der Waals surface area (Å²) < 4.78 is 12.4. The maximum absolute atomic E-state index is 12.4. The summed E-state index contributed by atoms with van der Waals surface area (Å²) in [7, 11) is 0. The summed E-state index contributed by atoms with van der Waals surface area (Å²) >= 11 is 0. The molecule has 0 aliphatic carbocycles. The Labute approximate surface area is 95.1 Å². The van der Waals surface area contributed by atoms with Gasteiger partial charge in [0, 0.05) is 5.69 Å². The van der Waals surface area contributed by atoms with E-state index < -0.39 is 0 Å². The number of hydrogen-bond donors (Lipinski definition) is 1. The van der Waals surface area contributed by atoms with Crippen molar-refractivity contribution >= 4 is 16.5 Å². The van der Waals surface area contributed by atoms with Crippen LogP contribution in [0.25, 0.3) is 10.8 Å². The van der Waals surface area contributed by atoms with Crippen LogP contribution in [0.15, 0.2) is 36.4 Å². The van der Waals surface area contributed by atoms with Crippen LogP contribution in [-0.4, -0.2) is 6.67 Å². The van der Waals surface area contributed by atoms with Crippen molar-refractivity contribution in [1.82, 2.24) is 0 Å². The quantitative estimate of drug-likeness (QED) is 0.781. The second-order valence-electron chi connectivity index (χ2n) is 4.40. The molecule has 0 radical (unpaired) electrons. The Morgan fingerprint density at radius 2 is 1.88 bits per heavy atom. The SMILES string of the molecule is CC(CF)Cc1ccc2ccc(N)cc2c1. The van der Waals surface area contributed by atoms with Gasteiger partial charge in [-0.25, -0.2) is 0 Å². The molecule has 84 valence electrons. The van der Waals surface area contributed by atoms with Crippen LogP contribution in [0.5, 0.6) is 0 Å². The molecule has 1 atom stereocenters. The van der Waals surface area contributed by atoms with Crippen molar-refractivity contribution in [2.75, 3.05) is 12.4 Å². The molecule has 0 saturated heterocycles. The van der Waals surface area contributed by atoms with Crippen LogP contribution in [0.1, 0.15) is 12.5 Å². The van der Waals surface area contributed by atoms with Gasteiger partial charge in [0.2, 0.25) is 0 Å². The minimum atomic E-state index is -0.269. The largest absolute Gasteiger partial charge is 0.399 e. The number of alkyl halides is 1. The lowest BCUT2D eigenvalue weighted by Crippen LogP contribution is -2.01. The van der Waals surface area contributed by atoms with E-state index in [4.69, 9.17) is 5.73 Å². The fraction of sp³-hybridized carbons (Fsp3) is 0.286. The molecule has 2 heteroatoms. The first-order valence-electron chi connectivity index (χ1n) is 5.53. The Morgan fingerprint density at radius 1 is 1.12 bits per heavy atom. The number of halogens is 1. The molecule has 2 rings (SSSR count). The standard InChI is InChI=1S/C14H16FN/c1-10(9-15)6-11-2-3-12-4-5-14(16)8-13(12)7-11/h2-5,7-8,10H,6,9,16H2,1H3. The van der Waals surface area contributed by atoms with Crippen LogP contribution in [0.4, 0.5) is 10.1 Å². The number of nitrogens with two attached hydrogens (primary N) is 1. The van der Waals surface area contributed by atoms with Crippen molar-refractivity contribution in [3.8, 4) is 0 Å². The zero-order valence-corrected chi connectivity index (χ0v) is 9.41. The van der Waals surface area contributed by atoms with Crippen LogP contribution < -0.4 is 5.73 Å².